The first kappa shape index (κ1) is 18.3. The summed E-state index contributed by atoms with van der Waals surface area (Å²) in [6.45, 7) is 4.13. The molecule has 1 amide bonds. The molecular formula is C25H22N2O4. The second-order valence-electron chi connectivity index (χ2n) is 8.07. The zero-order valence-electron chi connectivity index (χ0n) is 17.0. The van der Waals surface area contributed by atoms with E-state index in [4.69, 9.17) is 13.9 Å². The monoisotopic (exact) mass is 414 g/mol. The molecule has 0 N–H and O–H groups in total. The third kappa shape index (κ3) is 3.29. The first-order valence-electron chi connectivity index (χ1n) is 10.6. The largest absolute Gasteiger partial charge is 0.454 e. The third-order valence-electron chi connectivity index (χ3n) is 6.14. The molecule has 6 heteroatoms. The summed E-state index contributed by atoms with van der Waals surface area (Å²) in [4.78, 5) is 17.3. The average molecular weight is 414 g/mol. The summed E-state index contributed by atoms with van der Waals surface area (Å²) in [6.07, 6.45) is 0. The van der Waals surface area contributed by atoms with Gasteiger partial charge in [0.15, 0.2) is 17.3 Å². The van der Waals surface area contributed by atoms with E-state index in [1.807, 2.05) is 47.4 Å². The van der Waals surface area contributed by atoms with E-state index in [2.05, 4.69) is 23.1 Å². The summed E-state index contributed by atoms with van der Waals surface area (Å²) in [5.74, 6) is 1.99. The lowest BCUT2D eigenvalue weighted by molar-refractivity contribution is 0.0600. The maximum Gasteiger partial charge on any atom is 0.289 e. The molecule has 3 aromatic carbocycles. The lowest BCUT2D eigenvalue weighted by Gasteiger charge is -2.34. The number of carbonyl (C=O) groups is 1. The van der Waals surface area contributed by atoms with Crippen molar-refractivity contribution in [2.75, 3.05) is 33.0 Å². The number of piperazine rings is 1. The van der Waals surface area contributed by atoms with Crippen molar-refractivity contribution in [3.05, 3.63) is 72.0 Å². The van der Waals surface area contributed by atoms with Crippen molar-refractivity contribution in [2.45, 2.75) is 6.54 Å². The molecule has 0 radical (unpaired) electrons. The molecule has 3 heterocycles. The van der Waals surface area contributed by atoms with E-state index in [-0.39, 0.29) is 12.7 Å². The number of amides is 1. The summed E-state index contributed by atoms with van der Waals surface area (Å²) < 4.78 is 16.8. The third-order valence-corrected chi connectivity index (χ3v) is 6.14. The summed E-state index contributed by atoms with van der Waals surface area (Å²) in [7, 11) is 0. The number of ether oxygens (including phenoxy) is 2. The Morgan fingerprint density at radius 3 is 2.58 bits per heavy atom. The molecule has 0 atom stereocenters. The summed E-state index contributed by atoms with van der Waals surface area (Å²) in [5, 5.41) is 3.24. The lowest BCUT2D eigenvalue weighted by atomic mass is 10.1. The fraction of sp³-hybridized carbons (Fsp3) is 0.240. The van der Waals surface area contributed by atoms with Crippen LogP contribution >= 0.6 is 0 Å². The molecule has 0 saturated carbocycles. The Kier molecular flexibility index (Phi) is 4.32. The summed E-state index contributed by atoms with van der Waals surface area (Å²) in [6, 6.07) is 20.1. The highest BCUT2D eigenvalue weighted by Crippen LogP contribution is 2.33. The normalized spacial score (nSPS) is 16.3. The fourth-order valence-corrected chi connectivity index (χ4v) is 4.46. The molecule has 6 rings (SSSR count). The highest BCUT2D eigenvalue weighted by molar-refractivity contribution is 6.08. The molecule has 2 aliphatic heterocycles. The number of hydrogen-bond acceptors (Lipinski definition) is 5. The van der Waals surface area contributed by atoms with Crippen molar-refractivity contribution >= 4 is 27.6 Å². The molecule has 4 aromatic rings. The van der Waals surface area contributed by atoms with Gasteiger partial charge >= 0.3 is 0 Å². The van der Waals surface area contributed by atoms with Gasteiger partial charge in [-0.05, 0) is 40.6 Å². The molecule has 6 nitrogen and oxygen atoms in total. The Hall–Kier alpha value is -3.51. The van der Waals surface area contributed by atoms with Crippen LogP contribution in [0.3, 0.4) is 0 Å². The van der Waals surface area contributed by atoms with Gasteiger partial charge in [0.2, 0.25) is 6.79 Å². The molecule has 1 fully saturated rings. The summed E-state index contributed by atoms with van der Waals surface area (Å²) >= 11 is 0. The first-order chi connectivity index (χ1) is 15.2. The smallest absolute Gasteiger partial charge is 0.289 e. The Morgan fingerprint density at radius 2 is 1.68 bits per heavy atom. The molecule has 2 aliphatic rings. The highest BCUT2D eigenvalue weighted by Gasteiger charge is 2.25. The van der Waals surface area contributed by atoms with Crippen LogP contribution in [-0.4, -0.2) is 48.7 Å². The first-order valence-corrected chi connectivity index (χ1v) is 10.6. The van der Waals surface area contributed by atoms with Gasteiger partial charge in [0.05, 0.1) is 0 Å². The van der Waals surface area contributed by atoms with Crippen LogP contribution in [0, 0.1) is 0 Å². The predicted molar refractivity (Wildman–Crippen MR) is 117 cm³/mol. The zero-order chi connectivity index (χ0) is 20.8. The van der Waals surface area contributed by atoms with Crippen LogP contribution in [-0.2, 0) is 6.54 Å². The highest BCUT2D eigenvalue weighted by atomic mass is 16.7. The lowest BCUT2D eigenvalue weighted by Crippen LogP contribution is -2.48. The van der Waals surface area contributed by atoms with Gasteiger partial charge in [0.25, 0.3) is 5.91 Å². The molecule has 0 spiro atoms. The molecule has 1 saturated heterocycles. The van der Waals surface area contributed by atoms with E-state index in [1.54, 1.807) is 0 Å². The number of hydrogen-bond donors (Lipinski definition) is 0. The van der Waals surface area contributed by atoms with E-state index in [0.717, 1.165) is 52.9 Å². The molecular weight excluding hydrogens is 392 g/mol. The quantitative estimate of drug-likeness (QED) is 0.501. The Morgan fingerprint density at radius 1 is 0.839 bits per heavy atom. The van der Waals surface area contributed by atoms with Crippen LogP contribution in [0.4, 0.5) is 0 Å². The Balaban J connectivity index is 1.14. The second kappa shape index (κ2) is 7.32. The maximum absolute atomic E-state index is 13.1. The van der Waals surface area contributed by atoms with E-state index >= 15 is 0 Å². The van der Waals surface area contributed by atoms with E-state index in [9.17, 15) is 4.79 Å². The van der Waals surface area contributed by atoms with Crippen molar-refractivity contribution in [2.24, 2.45) is 0 Å². The number of furan rings is 1. The predicted octanol–water partition coefficient (Wildman–Crippen LogP) is 4.27. The second-order valence-corrected chi connectivity index (χ2v) is 8.07. The van der Waals surface area contributed by atoms with Gasteiger partial charge in [-0.15, -0.1) is 0 Å². The number of rotatable bonds is 3. The van der Waals surface area contributed by atoms with Gasteiger partial charge in [0, 0.05) is 38.1 Å². The standard InChI is InChI=1S/C25H22N2O4/c28-25(24-14-20-19-4-2-1-3-18(19)6-8-21(20)31-24)27-11-9-26(10-12-27)15-17-5-7-22-23(13-17)30-16-29-22/h1-8,13-14H,9-12,15-16H2. The SMILES string of the molecule is O=C(c1cc2c(ccc3ccccc32)o1)N1CCN(Cc2ccc3c(c2)OCO3)CC1. The minimum absolute atomic E-state index is 0.0389. The van der Waals surface area contributed by atoms with Crippen molar-refractivity contribution in [3.63, 3.8) is 0 Å². The van der Waals surface area contributed by atoms with Gasteiger partial charge in [-0.3, -0.25) is 9.69 Å². The average Bonchev–Trinajstić information content (AvgIpc) is 3.46. The van der Waals surface area contributed by atoms with Gasteiger partial charge in [-0.2, -0.15) is 0 Å². The van der Waals surface area contributed by atoms with Crippen molar-refractivity contribution in [3.8, 4) is 11.5 Å². The molecule has 31 heavy (non-hydrogen) atoms. The minimum Gasteiger partial charge on any atom is -0.454 e. The van der Waals surface area contributed by atoms with Crippen LogP contribution in [0.5, 0.6) is 11.5 Å². The van der Waals surface area contributed by atoms with Crippen LogP contribution in [0.25, 0.3) is 21.7 Å². The van der Waals surface area contributed by atoms with Crippen LogP contribution < -0.4 is 9.47 Å². The number of fused-ring (bicyclic) bond motifs is 4. The zero-order valence-corrected chi connectivity index (χ0v) is 17.0. The van der Waals surface area contributed by atoms with Gasteiger partial charge in [-0.25, -0.2) is 0 Å². The fourth-order valence-electron chi connectivity index (χ4n) is 4.46. The van der Waals surface area contributed by atoms with E-state index in [1.165, 1.54) is 5.56 Å². The number of carbonyl (C=O) groups excluding carboxylic acids is 1. The minimum atomic E-state index is -0.0389. The van der Waals surface area contributed by atoms with Crippen molar-refractivity contribution in [1.29, 1.82) is 0 Å². The van der Waals surface area contributed by atoms with Crippen LogP contribution in [0.15, 0.2) is 65.1 Å². The van der Waals surface area contributed by atoms with E-state index < -0.39 is 0 Å². The molecule has 156 valence electrons. The van der Waals surface area contributed by atoms with Gasteiger partial charge < -0.3 is 18.8 Å². The van der Waals surface area contributed by atoms with Gasteiger partial charge in [0.1, 0.15) is 5.58 Å². The van der Waals surface area contributed by atoms with Crippen molar-refractivity contribution in [1.82, 2.24) is 9.80 Å². The molecule has 1 aromatic heterocycles. The molecule has 0 unspecified atom stereocenters. The Bertz CT molecular complexity index is 1290. The topological polar surface area (TPSA) is 55.2 Å². The Labute approximate surface area is 179 Å². The van der Waals surface area contributed by atoms with Gasteiger partial charge in [-0.1, -0.05) is 36.4 Å². The van der Waals surface area contributed by atoms with Crippen molar-refractivity contribution < 1.29 is 18.7 Å². The number of benzene rings is 3. The maximum atomic E-state index is 13.1. The van der Waals surface area contributed by atoms with Crippen LogP contribution in [0.2, 0.25) is 0 Å². The van der Waals surface area contributed by atoms with Crippen LogP contribution in [0.1, 0.15) is 16.1 Å². The summed E-state index contributed by atoms with van der Waals surface area (Å²) in [5.41, 5.74) is 1.94. The molecule has 0 bridgehead atoms. The van der Waals surface area contributed by atoms with E-state index in [0.29, 0.717) is 18.8 Å². The number of nitrogens with zero attached hydrogens (tertiary/aromatic N) is 2. The molecule has 0 aliphatic carbocycles.